The third-order valence-corrected chi connectivity index (χ3v) is 6.18. The maximum atomic E-state index is 12.0. The standard InChI is InChI=1S/C11H15Br2NO2S/c1-11(8-12,9-13)14-17(15,16)7-10-5-3-2-4-6-10/h2-6,14H,7-9H2,1H3. The summed E-state index contributed by atoms with van der Waals surface area (Å²) in [4.78, 5) is 0. The molecule has 0 unspecified atom stereocenters. The van der Waals surface area contributed by atoms with Crippen LogP contribution in [0.4, 0.5) is 0 Å². The molecule has 0 atom stereocenters. The molecule has 1 aromatic carbocycles. The molecule has 1 aromatic rings. The largest absolute Gasteiger partial charge is 0.216 e. The van der Waals surface area contributed by atoms with Crippen molar-refractivity contribution in [2.45, 2.75) is 18.2 Å². The van der Waals surface area contributed by atoms with E-state index in [1.54, 1.807) is 12.1 Å². The number of rotatable bonds is 6. The highest BCUT2D eigenvalue weighted by atomic mass is 79.9. The Balaban J connectivity index is 2.77. The van der Waals surface area contributed by atoms with Gasteiger partial charge in [0, 0.05) is 16.2 Å². The van der Waals surface area contributed by atoms with Gasteiger partial charge in [-0.25, -0.2) is 13.1 Å². The molecule has 0 aromatic heterocycles. The smallest absolute Gasteiger partial charge is 0.212 e. The van der Waals surface area contributed by atoms with Gasteiger partial charge in [-0.2, -0.15) is 0 Å². The van der Waals surface area contributed by atoms with Crippen molar-refractivity contribution in [2.75, 3.05) is 10.7 Å². The lowest BCUT2D eigenvalue weighted by atomic mass is 10.1. The summed E-state index contributed by atoms with van der Waals surface area (Å²) >= 11 is 6.63. The molecule has 1 rings (SSSR count). The van der Waals surface area contributed by atoms with Crippen LogP contribution in [-0.4, -0.2) is 24.6 Å². The van der Waals surface area contributed by atoms with Crippen LogP contribution in [0, 0.1) is 0 Å². The number of benzene rings is 1. The number of halogens is 2. The first-order valence-electron chi connectivity index (χ1n) is 5.08. The van der Waals surface area contributed by atoms with Crippen molar-refractivity contribution in [1.82, 2.24) is 4.72 Å². The van der Waals surface area contributed by atoms with Crippen LogP contribution < -0.4 is 4.72 Å². The van der Waals surface area contributed by atoms with E-state index in [2.05, 4.69) is 36.6 Å². The first kappa shape index (κ1) is 15.1. The Morgan fingerprint density at radius 2 is 1.71 bits per heavy atom. The lowest BCUT2D eigenvalue weighted by Crippen LogP contribution is -2.49. The third-order valence-electron chi connectivity index (χ3n) is 2.19. The number of hydrogen-bond acceptors (Lipinski definition) is 2. The van der Waals surface area contributed by atoms with Gasteiger partial charge in [0.2, 0.25) is 10.0 Å². The van der Waals surface area contributed by atoms with E-state index in [0.717, 1.165) is 5.56 Å². The predicted molar refractivity (Wildman–Crippen MR) is 78.2 cm³/mol. The molecule has 96 valence electrons. The van der Waals surface area contributed by atoms with E-state index in [4.69, 9.17) is 0 Å². The van der Waals surface area contributed by atoms with Gasteiger partial charge in [-0.15, -0.1) is 0 Å². The summed E-state index contributed by atoms with van der Waals surface area (Å²) in [5.41, 5.74) is 0.277. The van der Waals surface area contributed by atoms with Crippen LogP contribution >= 0.6 is 31.9 Å². The maximum absolute atomic E-state index is 12.0. The molecule has 0 aliphatic heterocycles. The Morgan fingerprint density at radius 1 is 1.18 bits per heavy atom. The summed E-state index contributed by atoms with van der Waals surface area (Å²) in [5.74, 6) is 0.00340. The quantitative estimate of drug-likeness (QED) is 0.766. The average Bonchev–Trinajstić information content (AvgIpc) is 2.29. The monoisotopic (exact) mass is 383 g/mol. The summed E-state index contributed by atoms with van der Waals surface area (Å²) in [6.07, 6.45) is 0. The fraction of sp³-hybridized carbons (Fsp3) is 0.455. The van der Waals surface area contributed by atoms with Gasteiger partial charge < -0.3 is 0 Å². The van der Waals surface area contributed by atoms with Crippen molar-refractivity contribution >= 4 is 41.9 Å². The van der Waals surface area contributed by atoms with Crippen molar-refractivity contribution < 1.29 is 8.42 Å². The number of hydrogen-bond donors (Lipinski definition) is 1. The zero-order valence-electron chi connectivity index (χ0n) is 9.49. The zero-order chi connectivity index (χ0) is 12.9. The van der Waals surface area contributed by atoms with Gasteiger partial charge in [0.15, 0.2) is 0 Å². The second kappa shape index (κ2) is 6.31. The van der Waals surface area contributed by atoms with Crippen LogP contribution in [-0.2, 0) is 15.8 Å². The molecule has 0 amide bonds. The number of nitrogens with one attached hydrogen (secondary N) is 1. The Morgan fingerprint density at radius 3 is 2.18 bits per heavy atom. The van der Waals surface area contributed by atoms with Crippen LogP contribution in [0.5, 0.6) is 0 Å². The molecule has 17 heavy (non-hydrogen) atoms. The summed E-state index contributed by atoms with van der Waals surface area (Å²) in [6.45, 7) is 1.85. The van der Waals surface area contributed by atoms with E-state index < -0.39 is 15.6 Å². The van der Waals surface area contributed by atoms with E-state index in [0.29, 0.717) is 10.7 Å². The van der Waals surface area contributed by atoms with Crippen LogP contribution in [0.25, 0.3) is 0 Å². The summed E-state index contributed by atoms with van der Waals surface area (Å²) in [5, 5.41) is 1.11. The van der Waals surface area contributed by atoms with Gasteiger partial charge in [0.1, 0.15) is 0 Å². The Labute approximate surface area is 119 Å². The highest BCUT2D eigenvalue weighted by molar-refractivity contribution is 9.09. The fourth-order valence-corrected chi connectivity index (χ4v) is 4.47. The summed E-state index contributed by atoms with van der Waals surface area (Å²) in [7, 11) is -3.33. The first-order chi connectivity index (χ1) is 7.91. The molecular formula is C11H15Br2NO2S. The van der Waals surface area contributed by atoms with Gasteiger partial charge in [0.05, 0.1) is 5.75 Å². The Kier molecular flexibility index (Phi) is 5.63. The van der Waals surface area contributed by atoms with Crippen LogP contribution in [0.15, 0.2) is 30.3 Å². The van der Waals surface area contributed by atoms with Crippen LogP contribution in [0.3, 0.4) is 0 Å². The predicted octanol–water partition coefficient (Wildman–Crippen LogP) is 2.65. The molecule has 3 nitrogen and oxygen atoms in total. The average molecular weight is 385 g/mol. The van der Waals surface area contributed by atoms with Gasteiger partial charge >= 0.3 is 0 Å². The minimum atomic E-state index is -3.33. The SMILES string of the molecule is CC(CBr)(CBr)NS(=O)(=O)Cc1ccccc1. The number of sulfonamides is 1. The highest BCUT2D eigenvalue weighted by Crippen LogP contribution is 2.15. The summed E-state index contributed by atoms with van der Waals surface area (Å²) < 4.78 is 26.7. The van der Waals surface area contributed by atoms with Crippen molar-refractivity contribution in [2.24, 2.45) is 0 Å². The lowest BCUT2D eigenvalue weighted by Gasteiger charge is -2.26. The topological polar surface area (TPSA) is 46.2 Å². The number of alkyl halides is 2. The second-order valence-electron chi connectivity index (χ2n) is 4.17. The molecule has 0 aliphatic carbocycles. The van der Waals surface area contributed by atoms with Crippen molar-refractivity contribution in [1.29, 1.82) is 0 Å². The highest BCUT2D eigenvalue weighted by Gasteiger charge is 2.27. The molecule has 1 N–H and O–H groups in total. The van der Waals surface area contributed by atoms with E-state index in [-0.39, 0.29) is 5.75 Å². The maximum Gasteiger partial charge on any atom is 0.216 e. The van der Waals surface area contributed by atoms with Crippen LogP contribution in [0.1, 0.15) is 12.5 Å². The molecule has 0 bridgehead atoms. The molecule has 0 heterocycles. The van der Waals surface area contributed by atoms with Gasteiger partial charge in [0.25, 0.3) is 0 Å². The minimum absolute atomic E-state index is 0.00340. The van der Waals surface area contributed by atoms with E-state index in [1.807, 2.05) is 25.1 Å². The van der Waals surface area contributed by atoms with Gasteiger partial charge in [-0.1, -0.05) is 62.2 Å². The molecular weight excluding hydrogens is 370 g/mol. The van der Waals surface area contributed by atoms with Crippen molar-refractivity contribution in [3.63, 3.8) is 0 Å². The fourth-order valence-electron chi connectivity index (χ4n) is 1.30. The Bertz CT molecular complexity index is 444. The van der Waals surface area contributed by atoms with Crippen molar-refractivity contribution in [3.05, 3.63) is 35.9 Å². The third kappa shape index (κ3) is 5.07. The molecule has 6 heteroatoms. The van der Waals surface area contributed by atoms with E-state index in [1.165, 1.54) is 0 Å². The molecule has 0 saturated carbocycles. The molecule has 0 radical (unpaired) electrons. The van der Waals surface area contributed by atoms with Gasteiger partial charge in [-0.05, 0) is 12.5 Å². The Hall–Kier alpha value is 0.0900. The molecule has 0 aliphatic rings. The van der Waals surface area contributed by atoms with Crippen LogP contribution in [0.2, 0.25) is 0 Å². The van der Waals surface area contributed by atoms with Crippen molar-refractivity contribution in [3.8, 4) is 0 Å². The van der Waals surface area contributed by atoms with E-state index >= 15 is 0 Å². The van der Waals surface area contributed by atoms with Gasteiger partial charge in [-0.3, -0.25) is 0 Å². The first-order valence-corrected chi connectivity index (χ1v) is 8.98. The van der Waals surface area contributed by atoms with E-state index in [9.17, 15) is 8.42 Å². The molecule has 0 fully saturated rings. The normalized spacial score (nSPS) is 12.6. The lowest BCUT2D eigenvalue weighted by molar-refractivity contribution is 0.508. The second-order valence-corrected chi connectivity index (χ2v) is 7.02. The summed E-state index contributed by atoms with van der Waals surface area (Å²) in [6, 6.07) is 9.14. The molecule has 0 saturated heterocycles. The zero-order valence-corrected chi connectivity index (χ0v) is 13.5. The minimum Gasteiger partial charge on any atom is -0.212 e. The molecule has 0 spiro atoms.